The lowest BCUT2D eigenvalue weighted by atomic mass is 9.90. The molecule has 55 heavy (non-hydrogen) atoms. The van der Waals surface area contributed by atoms with Crippen LogP contribution in [0.1, 0.15) is 105 Å². The monoisotopic (exact) mass is 768 g/mol. The van der Waals surface area contributed by atoms with Gasteiger partial charge in [-0.3, -0.25) is 9.59 Å². The van der Waals surface area contributed by atoms with Gasteiger partial charge in [0.1, 0.15) is 24.2 Å². The van der Waals surface area contributed by atoms with E-state index in [0.29, 0.717) is 24.9 Å². The number of aromatic amines is 2. The number of H-pyrrole nitrogens is 2. The molecular formula is C40H48N8O6S. The summed E-state index contributed by atoms with van der Waals surface area (Å²) in [7, 11) is 2.58. The van der Waals surface area contributed by atoms with Gasteiger partial charge in [-0.05, 0) is 85.0 Å². The minimum atomic E-state index is -0.684. The van der Waals surface area contributed by atoms with Crippen LogP contribution in [0.4, 0.5) is 9.59 Å². The zero-order valence-corrected chi connectivity index (χ0v) is 32.5. The van der Waals surface area contributed by atoms with Crippen molar-refractivity contribution in [3.05, 3.63) is 59.4 Å². The number of carbonyl (C=O) groups is 4. The first kappa shape index (κ1) is 36.8. The van der Waals surface area contributed by atoms with Gasteiger partial charge in [-0.2, -0.15) is 0 Å². The van der Waals surface area contributed by atoms with Crippen molar-refractivity contribution in [3.8, 4) is 32.3 Å². The number of likely N-dealkylation sites (tertiary alicyclic amines) is 2. The summed E-state index contributed by atoms with van der Waals surface area (Å²) in [6.07, 6.45) is 9.43. The summed E-state index contributed by atoms with van der Waals surface area (Å²) in [4.78, 5) is 73.0. The third kappa shape index (κ3) is 6.87. The molecule has 2 aliphatic heterocycles. The number of benzene rings is 1. The third-order valence-corrected chi connectivity index (χ3v) is 13.1. The molecule has 1 aromatic carbocycles. The Bertz CT molecular complexity index is 2090. The number of nitrogens with one attached hydrogen (secondary N) is 4. The highest BCUT2D eigenvalue weighted by atomic mass is 32.1. The number of carbonyl (C=O) groups excluding carboxylic acids is 4. The Balaban J connectivity index is 1.01. The second kappa shape index (κ2) is 15.2. The van der Waals surface area contributed by atoms with Crippen LogP contribution in [0, 0.1) is 5.92 Å². The first-order valence-corrected chi connectivity index (χ1v) is 20.1. The second-order valence-electron chi connectivity index (χ2n) is 15.4. The first-order chi connectivity index (χ1) is 26.6. The molecule has 4 amide bonds. The molecule has 4 aliphatic rings. The Morgan fingerprint density at radius 1 is 0.800 bits per heavy atom. The van der Waals surface area contributed by atoms with Crippen LogP contribution in [-0.2, 0) is 19.1 Å². The van der Waals surface area contributed by atoms with Gasteiger partial charge in [-0.1, -0.05) is 38.1 Å². The zero-order valence-electron chi connectivity index (χ0n) is 31.6. The van der Waals surface area contributed by atoms with Crippen molar-refractivity contribution in [2.45, 2.75) is 88.8 Å². The van der Waals surface area contributed by atoms with Gasteiger partial charge >= 0.3 is 12.2 Å². The van der Waals surface area contributed by atoms with Gasteiger partial charge in [-0.15, -0.1) is 11.3 Å². The molecule has 4 unspecified atom stereocenters. The maximum Gasteiger partial charge on any atom is 0.407 e. The average Bonchev–Trinajstić information content (AvgIpc) is 4.04. The molecule has 15 heteroatoms. The second-order valence-corrected chi connectivity index (χ2v) is 16.4. The predicted molar refractivity (Wildman–Crippen MR) is 206 cm³/mol. The molecule has 3 fully saturated rings. The van der Waals surface area contributed by atoms with Crippen molar-refractivity contribution in [2.75, 3.05) is 33.9 Å². The largest absolute Gasteiger partial charge is 0.453 e. The van der Waals surface area contributed by atoms with Crippen molar-refractivity contribution >= 4 is 35.3 Å². The van der Waals surface area contributed by atoms with Crippen LogP contribution in [0.25, 0.3) is 32.3 Å². The number of methoxy groups -OCH3 is 2. The quantitative estimate of drug-likeness (QED) is 0.139. The van der Waals surface area contributed by atoms with Gasteiger partial charge in [0.15, 0.2) is 0 Å². The number of imidazole rings is 2. The molecule has 0 radical (unpaired) electrons. The maximum absolute atomic E-state index is 13.6. The Morgan fingerprint density at radius 3 is 2.04 bits per heavy atom. The van der Waals surface area contributed by atoms with Crippen LogP contribution in [0.2, 0.25) is 0 Å². The van der Waals surface area contributed by atoms with Crippen molar-refractivity contribution in [1.82, 2.24) is 40.4 Å². The molecule has 0 spiro atoms. The van der Waals surface area contributed by atoms with Crippen LogP contribution < -0.4 is 10.6 Å². The number of ether oxygens (including phenoxy) is 2. The van der Waals surface area contributed by atoms with Crippen molar-refractivity contribution in [2.24, 2.45) is 5.92 Å². The molecule has 8 rings (SSSR count). The summed E-state index contributed by atoms with van der Waals surface area (Å²) < 4.78 is 9.41. The molecule has 2 aliphatic carbocycles. The van der Waals surface area contributed by atoms with E-state index >= 15 is 0 Å². The first-order valence-electron chi connectivity index (χ1n) is 19.3. The topological polar surface area (TPSA) is 175 Å². The van der Waals surface area contributed by atoms with Gasteiger partial charge in [0.2, 0.25) is 11.8 Å². The fourth-order valence-electron chi connectivity index (χ4n) is 9.13. The Labute approximate surface area is 323 Å². The minimum Gasteiger partial charge on any atom is -0.453 e. The smallest absolute Gasteiger partial charge is 0.407 e. The fourth-order valence-corrected chi connectivity index (χ4v) is 10.6. The summed E-state index contributed by atoms with van der Waals surface area (Å²) in [6.45, 7) is 4.93. The fraction of sp³-hybridized carbons (Fsp3) is 0.500. The van der Waals surface area contributed by atoms with E-state index < -0.39 is 18.2 Å². The number of fused-ring (bicyclic) bond motifs is 5. The minimum absolute atomic E-state index is 0.101. The van der Waals surface area contributed by atoms with Crippen LogP contribution in [0.5, 0.6) is 0 Å². The highest BCUT2D eigenvalue weighted by molar-refractivity contribution is 7.19. The van der Waals surface area contributed by atoms with E-state index in [1.165, 1.54) is 59.9 Å². The normalized spacial score (nSPS) is 21.9. The summed E-state index contributed by atoms with van der Waals surface area (Å²) in [5.74, 6) is 2.22. The van der Waals surface area contributed by atoms with Crippen LogP contribution >= 0.6 is 11.3 Å². The van der Waals surface area contributed by atoms with E-state index in [4.69, 9.17) is 14.7 Å². The lowest BCUT2D eigenvalue weighted by molar-refractivity contribution is -0.135. The Kier molecular flexibility index (Phi) is 10.1. The van der Waals surface area contributed by atoms with E-state index in [-0.39, 0.29) is 36.4 Å². The third-order valence-electron chi connectivity index (χ3n) is 11.8. The average molecular weight is 769 g/mol. The molecule has 290 valence electrons. The summed E-state index contributed by atoms with van der Waals surface area (Å²) in [5, 5.41) is 5.22. The summed E-state index contributed by atoms with van der Waals surface area (Å²) in [5.41, 5.74) is 6.99. The number of thiophene rings is 1. The van der Waals surface area contributed by atoms with Gasteiger partial charge < -0.3 is 39.9 Å². The lowest BCUT2D eigenvalue weighted by Crippen LogP contribution is -2.51. The molecule has 4 N–H and O–H groups in total. The predicted octanol–water partition coefficient (Wildman–Crippen LogP) is 6.62. The van der Waals surface area contributed by atoms with Crippen LogP contribution in [-0.4, -0.2) is 93.6 Å². The highest BCUT2D eigenvalue weighted by Crippen LogP contribution is 2.61. The number of aromatic nitrogens is 4. The molecule has 5 atom stereocenters. The lowest BCUT2D eigenvalue weighted by Gasteiger charge is -2.30. The van der Waals surface area contributed by atoms with Gasteiger partial charge in [0.25, 0.3) is 0 Å². The van der Waals surface area contributed by atoms with Gasteiger partial charge in [0, 0.05) is 18.0 Å². The number of rotatable bonds is 10. The van der Waals surface area contributed by atoms with E-state index in [1.807, 2.05) is 42.5 Å². The maximum atomic E-state index is 13.6. The van der Waals surface area contributed by atoms with E-state index in [0.717, 1.165) is 54.3 Å². The van der Waals surface area contributed by atoms with Crippen molar-refractivity contribution in [3.63, 3.8) is 0 Å². The molecule has 3 aromatic heterocycles. The molecule has 1 saturated carbocycles. The number of nitrogens with zero attached hydrogens (tertiary/aromatic N) is 4. The van der Waals surface area contributed by atoms with E-state index in [9.17, 15) is 19.2 Å². The van der Waals surface area contributed by atoms with Gasteiger partial charge in [-0.25, -0.2) is 19.6 Å². The molecule has 14 nitrogen and oxygen atoms in total. The van der Waals surface area contributed by atoms with Crippen molar-refractivity contribution in [1.29, 1.82) is 0 Å². The molecule has 5 heterocycles. The van der Waals surface area contributed by atoms with Gasteiger partial charge in [0.05, 0.1) is 55.0 Å². The standard InChI is InChI=1S/C40H48N8O6S/c1-21(2)33(46-40(52)54-4)38(50)48-16-6-8-29(48)37-41-18-26(44-37)22-9-11-23(12-10-22)34-31-24-13-14-25(17-24)32(31)35(55-34)27-19-42-36(45-27)28-7-5-15-47(28)30(49)20-43-39(51)53-3/h9-12,18-19,21,24-25,28-29,33H,5-8,13-17,20H2,1-4H3,(H,41,44)(H,42,45)(H,43,51)(H,46,52)/t24?,25?,28?,29-,33?/m0/s1. The van der Waals surface area contributed by atoms with E-state index in [1.54, 1.807) is 4.90 Å². The Morgan fingerprint density at radius 2 is 1.38 bits per heavy atom. The highest BCUT2D eigenvalue weighted by Gasteiger charge is 2.43. The molecule has 2 bridgehead atoms. The molecule has 2 saturated heterocycles. The number of alkyl carbamates (subject to hydrolysis) is 2. The Hall–Kier alpha value is -5.18. The number of hydrogen-bond donors (Lipinski definition) is 4. The number of amides is 4. The zero-order chi connectivity index (χ0) is 38.4. The van der Waals surface area contributed by atoms with Crippen LogP contribution in [0.3, 0.4) is 0 Å². The van der Waals surface area contributed by atoms with Crippen LogP contribution in [0.15, 0.2) is 36.7 Å². The number of hydrogen-bond acceptors (Lipinski definition) is 9. The molecule has 4 aromatic rings. The summed E-state index contributed by atoms with van der Waals surface area (Å²) >= 11 is 1.82. The molecular weight excluding hydrogens is 721 g/mol. The SMILES string of the molecule is COC(=O)NCC(=O)N1CCCC1c1ncc(-c2sc(-c3ccc(-c4cnc([C@@H]5CCCN5C(=O)C(NC(=O)OC)C(C)C)[nH]4)cc3)c3c2C2CCC3C2)[nH]1. The summed E-state index contributed by atoms with van der Waals surface area (Å²) in [6, 6.07) is 7.59. The van der Waals surface area contributed by atoms with E-state index in [2.05, 4.69) is 49.6 Å². The van der Waals surface area contributed by atoms with Crippen molar-refractivity contribution < 1.29 is 28.7 Å².